The molecule has 2 unspecified atom stereocenters. The van der Waals surface area contributed by atoms with Crippen LogP contribution in [0, 0.1) is 0 Å². The molecule has 1 fully saturated rings. The number of anilines is 1. The van der Waals surface area contributed by atoms with Gasteiger partial charge in [0.05, 0.1) is 6.54 Å². The first-order valence-corrected chi connectivity index (χ1v) is 5.81. The summed E-state index contributed by atoms with van der Waals surface area (Å²) in [5.74, 6) is -0.00408. The van der Waals surface area contributed by atoms with E-state index in [0.29, 0.717) is 5.82 Å². The van der Waals surface area contributed by atoms with E-state index in [-0.39, 0.29) is 24.4 Å². The topological polar surface area (TPSA) is 88.3 Å². The van der Waals surface area contributed by atoms with E-state index in [9.17, 15) is 9.59 Å². The second-order valence-electron chi connectivity index (χ2n) is 4.45. The number of aromatic nitrogens is 1. The highest BCUT2D eigenvalue weighted by molar-refractivity contribution is 6.04. The summed E-state index contributed by atoms with van der Waals surface area (Å²) < 4.78 is 0. The van der Waals surface area contributed by atoms with Gasteiger partial charge in [0.1, 0.15) is 11.9 Å². The van der Waals surface area contributed by atoms with E-state index in [0.717, 1.165) is 5.56 Å². The highest BCUT2D eigenvalue weighted by Gasteiger charge is 2.30. The van der Waals surface area contributed by atoms with Crippen molar-refractivity contribution >= 4 is 17.6 Å². The Bertz CT molecular complexity index is 469. The van der Waals surface area contributed by atoms with Gasteiger partial charge in [0, 0.05) is 12.2 Å². The summed E-state index contributed by atoms with van der Waals surface area (Å²) in [4.78, 5) is 28.8. The van der Waals surface area contributed by atoms with Crippen molar-refractivity contribution in [3.8, 4) is 0 Å². The molecule has 0 bridgehead atoms. The molecule has 6 nitrogen and oxygen atoms in total. The molecule has 0 aromatic carbocycles. The molecule has 2 heterocycles. The third kappa shape index (κ3) is 2.33. The fourth-order valence-corrected chi connectivity index (χ4v) is 1.83. The number of hydrogen-bond acceptors (Lipinski definition) is 5. The SMILES string of the molecule is CC(N)c1ccc(N2CC(=O)NC(=O)C2C)nc1. The number of piperazine rings is 1. The Labute approximate surface area is 105 Å². The quantitative estimate of drug-likeness (QED) is 0.716. The van der Waals surface area contributed by atoms with Crippen molar-refractivity contribution in [2.75, 3.05) is 11.4 Å². The zero-order valence-electron chi connectivity index (χ0n) is 10.4. The van der Waals surface area contributed by atoms with Crippen LogP contribution in [0.5, 0.6) is 0 Å². The van der Waals surface area contributed by atoms with Crippen molar-refractivity contribution in [2.24, 2.45) is 5.73 Å². The van der Waals surface area contributed by atoms with Crippen molar-refractivity contribution < 1.29 is 9.59 Å². The van der Waals surface area contributed by atoms with Crippen LogP contribution in [0.25, 0.3) is 0 Å². The van der Waals surface area contributed by atoms with E-state index in [1.807, 2.05) is 13.0 Å². The Morgan fingerprint density at radius 3 is 2.78 bits per heavy atom. The van der Waals surface area contributed by atoms with E-state index in [2.05, 4.69) is 10.3 Å². The Kier molecular flexibility index (Phi) is 3.29. The van der Waals surface area contributed by atoms with E-state index in [1.165, 1.54) is 0 Å². The maximum absolute atomic E-state index is 11.5. The zero-order valence-corrected chi connectivity index (χ0v) is 10.4. The van der Waals surface area contributed by atoms with Crippen LogP contribution in [-0.4, -0.2) is 29.4 Å². The summed E-state index contributed by atoms with van der Waals surface area (Å²) in [5.41, 5.74) is 6.66. The first-order chi connectivity index (χ1) is 8.49. The van der Waals surface area contributed by atoms with Gasteiger partial charge >= 0.3 is 0 Å². The second-order valence-corrected chi connectivity index (χ2v) is 4.45. The van der Waals surface area contributed by atoms with Gasteiger partial charge in [-0.25, -0.2) is 4.98 Å². The van der Waals surface area contributed by atoms with Crippen LogP contribution in [-0.2, 0) is 9.59 Å². The van der Waals surface area contributed by atoms with Gasteiger partial charge < -0.3 is 10.6 Å². The lowest BCUT2D eigenvalue weighted by Gasteiger charge is -2.32. The first kappa shape index (κ1) is 12.5. The molecule has 96 valence electrons. The summed E-state index contributed by atoms with van der Waals surface area (Å²) in [6, 6.07) is 3.14. The van der Waals surface area contributed by atoms with Crippen LogP contribution in [0.1, 0.15) is 25.5 Å². The van der Waals surface area contributed by atoms with E-state index >= 15 is 0 Å². The third-order valence-electron chi connectivity index (χ3n) is 3.01. The highest BCUT2D eigenvalue weighted by atomic mass is 16.2. The van der Waals surface area contributed by atoms with Gasteiger partial charge in [0.15, 0.2) is 0 Å². The third-order valence-corrected chi connectivity index (χ3v) is 3.01. The van der Waals surface area contributed by atoms with Gasteiger partial charge in [-0.2, -0.15) is 0 Å². The van der Waals surface area contributed by atoms with Gasteiger partial charge in [0.25, 0.3) is 0 Å². The fourth-order valence-electron chi connectivity index (χ4n) is 1.83. The van der Waals surface area contributed by atoms with E-state index < -0.39 is 6.04 Å². The number of nitrogens with zero attached hydrogens (tertiary/aromatic N) is 2. The maximum atomic E-state index is 11.5. The molecule has 1 aliphatic rings. The molecule has 2 rings (SSSR count). The van der Waals surface area contributed by atoms with E-state index in [4.69, 9.17) is 5.73 Å². The number of pyridine rings is 1. The predicted octanol–water partition coefficient (Wildman–Crippen LogP) is -0.0474. The van der Waals surface area contributed by atoms with Crippen molar-refractivity contribution in [1.29, 1.82) is 0 Å². The minimum absolute atomic E-state index is 0.0877. The lowest BCUT2D eigenvalue weighted by atomic mass is 10.1. The largest absolute Gasteiger partial charge is 0.336 e. The van der Waals surface area contributed by atoms with Crippen LogP contribution in [0.4, 0.5) is 5.82 Å². The van der Waals surface area contributed by atoms with Crippen molar-refractivity contribution in [3.05, 3.63) is 23.9 Å². The highest BCUT2D eigenvalue weighted by Crippen LogP contribution is 2.18. The van der Waals surface area contributed by atoms with Gasteiger partial charge in [-0.05, 0) is 25.5 Å². The van der Waals surface area contributed by atoms with Crippen molar-refractivity contribution in [3.63, 3.8) is 0 Å². The minimum Gasteiger partial charge on any atom is -0.336 e. The second kappa shape index (κ2) is 4.73. The van der Waals surface area contributed by atoms with Crippen LogP contribution in [0.15, 0.2) is 18.3 Å². The van der Waals surface area contributed by atoms with Crippen LogP contribution in [0.2, 0.25) is 0 Å². The lowest BCUT2D eigenvalue weighted by molar-refractivity contribution is -0.132. The number of nitrogens with two attached hydrogens (primary N) is 1. The average molecular weight is 248 g/mol. The van der Waals surface area contributed by atoms with Crippen LogP contribution in [0.3, 0.4) is 0 Å². The fraction of sp³-hybridized carbons (Fsp3) is 0.417. The summed E-state index contributed by atoms with van der Waals surface area (Å²) in [6.07, 6.45) is 1.67. The van der Waals surface area contributed by atoms with Gasteiger partial charge in [-0.1, -0.05) is 6.07 Å². The Balaban J connectivity index is 2.24. The maximum Gasteiger partial charge on any atom is 0.249 e. The van der Waals surface area contributed by atoms with Gasteiger partial charge in [-0.15, -0.1) is 0 Å². The summed E-state index contributed by atoms with van der Waals surface area (Å²) in [7, 11) is 0. The number of amides is 2. The molecule has 18 heavy (non-hydrogen) atoms. The van der Waals surface area contributed by atoms with E-state index in [1.54, 1.807) is 24.1 Å². The summed E-state index contributed by atoms with van der Waals surface area (Å²) in [6.45, 7) is 3.75. The van der Waals surface area contributed by atoms with Crippen LogP contribution < -0.4 is 16.0 Å². The van der Waals surface area contributed by atoms with Crippen LogP contribution >= 0.6 is 0 Å². The Morgan fingerprint density at radius 2 is 2.22 bits per heavy atom. The number of nitrogens with one attached hydrogen (secondary N) is 1. The Hall–Kier alpha value is -1.95. The molecule has 0 spiro atoms. The molecule has 0 radical (unpaired) electrons. The molecular formula is C12H16N4O2. The molecule has 2 amide bonds. The molecule has 2 atom stereocenters. The van der Waals surface area contributed by atoms with Gasteiger partial charge in [-0.3, -0.25) is 14.9 Å². The number of imide groups is 1. The zero-order chi connectivity index (χ0) is 13.3. The summed E-state index contributed by atoms with van der Waals surface area (Å²) >= 11 is 0. The smallest absolute Gasteiger partial charge is 0.249 e. The van der Waals surface area contributed by atoms with Crippen molar-refractivity contribution in [2.45, 2.75) is 25.9 Å². The summed E-state index contributed by atoms with van der Waals surface area (Å²) in [5, 5.41) is 2.29. The first-order valence-electron chi connectivity index (χ1n) is 5.81. The molecule has 6 heteroatoms. The number of carbonyl (C=O) groups is 2. The molecule has 1 saturated heterocycles. The Morgan fingerprint density at radius 1 is 1.50 bits per heavy atom. The monoisotopic (exact) mass is 248 g/mol. The molecule has 1 aliphatic heterocycles. The number of rotatable bonds is 2. The predicted molar refractivity (Wildman–Crippen MR) is 66.8 cm³/mol. The molecule has 0 aliphatic carbocycles. The number of carbonyl (C=O) groups excluding carboxylic acids is 2. The minimum atomic E-state index is -0.406. The molecule has 0 saturated carbocycles. The normalized spacial score (nSPS) is 21.7. The number of hydrogen-bond donors (Lipinski definition) is 2. The lowest BCUT2D eigenvalue weighted by Crippen LogP contribution is -2.57. The molecular weight excluding hydrogens is 232 g/mol. The standard InChI is InChI=1S/C12H16N4O2/c1-7(13)9-3-4-10(14-5-9)16-6-11(17)15-12(18)8(16)2/h3-5,7-8H,6,13H2,1-2H3,(H,15,17,18). The van der Waals surface area contributed by atoms with Crippen molar-refractivity contribution in [1.82, 2.24) is 10.3 Å². The molecule has 3 N–H and O–H groups in total. The molecule has 1 aromatic rings. The van der Waals surface area contributed by atoms with Gasteiger partial charge in [0.2, 0.25) is 11.8 Å². The molecule has 1 aromatic heterocycles. The average Bonchev–Trinajstić information content (AvgIpc) is 2.34.